The molecule has 0 radical (unpaired) electrons. The van der Waals surface area contributed by atoms with Gasteiger partial charge in [0.25, 0.3) is 0 Å². The molecule has 0 aliphatic rings. The van der Waals surface area contributed by atoms with Gasteiger partial charge in [-0.1, -0.05) is 18.2 Å². The van der Waals surface area contributed by atoms with Gasteiger partial charge in [0.05, 0.1) is 0 Å². The van der Waals surface area contributed by atoms with Crippen molar-refractivity contribution in [3.63, 3.8) is 0 Å². The summed E-state index contributed by atoms with van der Waals surface area (Å²) in [6, 6.07) is 8.91. The molecule has 1 aromatic heterocycles. The summed E-state index contributed by atoms with van der Waals surface area (Å²) in [7, 11) is 4.08. The van der Waals surface area contributed by atoms with Crippen LogP contribution in [0, 0.1) is 0 Å². The Balaban J connectivity index is 2.66. The van der Waals surface area contributed by atoms with Gasteiger partial charge in [-0.2, -0.15) is 0 Å². The number of rotatable bonds is 2. The number of aryl methyl sites for hydroxylation is 1. The quantitative estimate of drug-likeness (QED) is 0.766. The predicted molar refractivity (Wildman–Crippen MR) is 60.4 cm³/mol. The Morgan fingerprint density at radius 3 is 2.71 bits per heavy atom. The maximum atomic E-state index is 3.27. The lowest BCUT2D eigenvalue weighted by Crippen LogP contribution is -2.11. The van der Waals surface area contributed by atoms with Gasteiger partial charge in [-0.15, -0.1) is 0 Å². The van der Waals surface area contributed by atoms with Crippen molar-refractivity contribution in [2.24, 2.45) is 7.05 Å². The van der Waals surface area contributed by atoms with Gasteiger partial charge in [-0.05, 0) is 25.6 Å². The molecule has 1 N–H and O–H groups in total. The minimum absolute atomic E-state index is 0.404. The van der Waals surface area contributed by atoms with Gasteiger partial charge in [0.2, 0.25) is 0 Å². The van der Waals surface area contributed by atoms with Crippen LogP contribution in [0.4, 0.5) is 0 Å². The molecule has 0 spiro atoms. The molecule has 2 nitrogen and oxygen atoms in total. The number of benzene rings is 1. The fourth-order valence-corrected chi connectivity index (χ4v) is 1.87. The minimum atomic E-state index is 0.404. The zero-order valence-electron chi connectivity index (χ0n) is 8.91. The summed E-state index contributed by atoms with van der Waals surface area (Å²) in [6.07, 6.45) is 2.20. The van der Waals surface area contributed by atoms with Crippen molar-refractivity contribution in [3.8, 4) is 0 Å². The molecule has 1 heterocycles. The maximum Gasteiger partial charge on any atom is 0.0481 e. The molecule has 1 aromatic carbocycles. The molecule has 2 aromatic rings. The van der Waals surface area contributed by atoms with Crippen LogP contribution < -0.4 is 5.32 Å². The van der Waals surface area contributed by atoms with Crippen molar-refractivity contribution in [2.75, 3.05) is 7.05 Å². The first-order valence-corrected chi connectivity index (χ1v) is 4.95. The summed E-state index contributed by atoms with van der Waals surface area (Å²) in [4.78, 5) is 0. The molecule has 0 unspecified atom stereocenters. The zero-order chi connectivity index (χ0) is 10.1. The van der Waals surface area contributed by atoms with Crippen molar-refractivity contribution < 1.29 is 0 Å². The molecule has 14 heavy (non-hydrogen) atoms. The SMILES string of the molecule is CN[C@H](C)c1cn(C)c2ccccc12. The fourth-order valence-electron chi connectivity index (χ4n) is 1.87. The largest absolute Gasteiger partial charge is 0.350 e. The van der Waals surface area contributed by atoms with E-state index in [9.17, 15) is 0 Å². The fraction of sp³-hybridized carbons (Fsp3) is 0.333. The molecule has 0 amide bonds. The van der Waals surface area contributed by atoms with E-state index in [1.807, 2.05) is 7.05 Å². The second-order valence-corrected chi connectivity index (χ2v) is 3.72. The third-order valence-corrected chi connectivity index (χ3v) is 2.83. The lowest BCUT2D eigenvalue weighted by Gasteiger charge is -2.07. The van der Waals surface area contributed by atoms with E-state index in [-0.39, 0.29) is 0 Å². The molecular formula is C12H16N2. The summed E-state index contributed by atoms with van der Waals surface area (Å²) >= 11 is 0. The van der Waals surface area contributed by atoms with Gasteiger partial charge in [-0.3, -0.25) is 0 Å². The van der Waals surface area contributed by atoms with Gasteiger partial charge < -0.3 is 9.88 Å². The van der Waals surface area contributed by atoms with E-state index < -0.39 is 0 Å². The van der Waals surface area contributed by atoms with Crippen molar-refractivity contribution in [2.45, 2.75) is 13.0 Å². The van der Waals surface area contributed by atoms with E-state index in [4.69, 9.17) is 0 Å². The molecular weight excluding hydrogens is 172 g/mol. The number of para-hydroxylation sites is 1. The summed E-state index contributed by atoms with van der Waals surface area (Å²) in [5.74, 6) is 0. The number of hydrogen-bond donors (Lipinski definition) is 1. The Morgan fingerprint density at radius 1 is 1.29 bits per heavy atom. The first-order valence-electron chi connectivity index (χ1n) is 4.95. The topological polar surface area (TPSA) is 17.0 Å². The molecule has 0 aliphatic carbocycles. The van der Waals surface area contributed by atoms with Crippen molar-refractivity contribution in [1.82, 2.24) is 9.88 Å². The second kappa shape index (κ2) is 3.46. The highest BCUT2D eigenvalue weighted by molar-refractivity contribution is 5.84. The van der Waals surface area contributed by atoms with Gasteiger partial charge >= 0.3 is 0 Å². The Kier molecular flexibility index (Phi) is 2.30. The lowest BCUT2D eigenvalue weighted by atomic mass is 10.1. The monoisotopic (exact) mass is 188 g/mol. The van der Waals surface area contributed by atoms with Crippen molar-refractivity contribution >= 4 is 10.9 Å². The molecule has 0 aliphatic heterocycles. The smallest absolute Gasteiger partial charge is 0.0481 e. The van der Waals surface area contributed by atoms with Crippen LogP contribution in [-0.4, -0.2) is 11.6 Å². The highest BCUT2D eigenvalue weighted by Crippen LogP contribution is 2.25. The third-order valence-electron chi connectivity index (χ3n) is 2.83. The number of aromatic nitrogens is 1. The molecule has 1 atom stereocenters. The molecule has 0 bridgehead atoms. The first kappa shape index (κ1) is 9.28. The van der Waals surface area contributed by atoms with E-state index in [0.29, 0.717) is 6.04 Å². The molecule has 2 rings (SSSR count). The normalized spacial score (nSPS) is 13.4. The van der Waals surface area contributed by atoms with E-state index >= 15 is 0 Å². The number of nitrogens with one attached hydrogen (secondary N) is 1. The Morgan fingerprint density at radius 2 is 2.00 bits per heavy atom. The standard InChI is InChI=1S/C12H16N2/c1-9(13-2)11-8-14(3)12-7-5-4-6-10(11)12/h4-9,13H,1-3H3/t9-/m1/s1. The van der Waals surface area contributed by atoms with Crippen molar-refractivity contribution in [1.29, 1.82) is 0 Å². The minimum Gasteiger partial charge on any atom is -0.350 e. The second-order valence-electron chi connectivity index (χ2n) is 3.72. The van der Waals surface area contributed by atoms with E-state index in [1.54, 1.807) is 0 Å². The average Bonchev–Trinajstić information content (AvgIpc) is 2.56. The van der Waals surface area contributed by atoms with Crippen LogP contribution in [0.5, 0.6) is 0 Å². The first-order chi connectivity index (χ1) is 6.74. The maximum absolute atomic E-state index is 3.27. The van der Waals surface area contributed by atoms with Crippen molar-refractivity contribution in [3.05, 3.63) is 36.0 Å². The van der Waals surface area contributed by atoms with E-state index in [0.717, 1.165) is 0 Å². The summed E-state index contributed by atoms with van der Waals surface area (Å²) < 4.78 is 2.18. The summed E-state index contributed by atoms with van der Waals surface area (Å²) in [5, 5.41) is 4.62. The predicted octanol–water partition coefficient (Wildman–Crippen LogP) is 2.46. The van der Waals surface area contributed by atoms with Crippen LogP contribution in [-0.2, 0) is 7.05 Å². The van der Waals surface area contributed by atoms with Crippen LogP contribution in [0.3, 0.4) is 0 Å². The summed E-state index contributed by atoms with van der Waals surface area (Å²) in [5.41, 5.74) is 2.66. The van der Waals surface area contributed by atoms with Crippen LogP contribution in [0.2, 0.25) is 0 Å². The van der Waals surface area contributed by atoms with Crippen LogP contribution in [0.25, 0.3) is 10.9 Å². The van der Waals surface area contributed by atoms with Crippen LogP contribution >= 0.6 is 0 Å². The Bertz CT molecular complexity index is 443. The number of fused-ring (bicyclic) bond motifs is 1. The van der Waals surface area contributed by atoms with Crippen LogP contribution in [0.1, 0.15) is 18.5 Å². The van der Waals surface area contributed by atoms with Gasteiger partial charge in [0.1, 0.15) is 0 Å². The molecule has 0 fully saturated rings. The number of hydrogen-bond acceptors (Lipinski definition) is 1. The summed E-state index contributed by atoms with van der Waals surface area (Å²) in [6.45, 7) is 2.18. The Hall–Kier alpha value is -1.28. The highest BCUT2D eigenvalue weighted by Gasteiger charge is 2.10. The lowest BCUT2D eigenvalue weighted by molar-refractivity contribution is 0.654. The Labute approximate surface area is 84.5 Å². The average molecular weight is 188 g/mol. The van der Waals surface area contributed by atoms with Gasteiger partial charge in [0.15, 0.2) is 0 Å². The molecule has 0 saturated carbocycles. The van der Waals surface area contributed by atoms with Gasteiger partial charge in [0, 0.05) is 30.2 Å². The van der Waals surface area contributed by atoms with Gasteiger partial charge in [-0.25, -0.2) is 0 Å². The molecule has 74 valence electrons. The third kappa shape index (κ3) is 1.32. The number of nitrogens with zero attached hydrogens (tertiary/aromatic N) is 1. The van der Waals surface area contributed by atoms with E-state index in [1.165, 1.54) is 16.5 Å². The zero-order valence-corrected chi connectivity index (χ0v) is 8.91. The van der Waals surface area contributed by atoms with Crippen LogP contribution in [0.15, 0.2) is 30.5 Å². The molecule has 0 saturated heterocycles. The molecule has 2 heteroatoms. The van der Waals surface area contributed by atoms with E-state index in [2.05, 4.69) is 54.3 Å². The highest BCUT2D eigenvalue weighted by atomic mass is 14.9.